The van der Waals surface area contributed by atoms with Crippen LogP contribution in [0.4, 0.5) is 0 Å². The Bertz CT molecular complexity index is 225. The monoisotopic (exact) mass is 247 g/mol. The first-order valence-electron chi connectivity index (χ1n) is 5.60. The topological polar surface area (TPSA) is 38.8 Å². The molecule has 1 fully saturated rings. The summed E-state index contributed by atoms with van der Waals surface area (Å²) in [5.41, 5.74) is 0. The number of morpholine rings is 1. The zero-order chi connectivity index (χ0) is 12.0. The summed E-state index contributed by atoms with van der Waals surface area (Å²) < 4.78 is 10.3. The lowest BCUT2D eigenvalue weighted by atomic mass is 10.3. The molecule has 0 aromatic rings. The van der Waals surface area contributed by atoms with Crippen LogP contribution in [0.2, 0.25) is 0 Å². The summed E-state index contributed by atoms with van der Waals surface area (Å²) in [7, 11) is 3.54. The standard InChI is InChI=1S/C11H21NO3S/c1-9(6-11(13)14-3)16-8-10-7-12(2)4-5-15-10/h9-10H,4-8H2,1-3H3. The molecule has 1 aliphatic heterocycles. The Labute approximate surface area is 102 Å². The van der Waals surface area contributed by atoms with Crippen molar-refractivity contribution < 1.29 is 14.3 Å². The highest BCUT2D eigenvalue weighted by atomic mass is 32.2. The number of carbonyl (C=O) groups excluding carboxylic acids is 1. The van der Waals surface area contributed by atoms with E-state index in [0.717, 1.165) is 25.4 Å². The SMILES string of the molecule is COC(=O)CC(C)SCC1CN(C)CCO1. The summed E-state index contributed by atoms with van der Waals surface area (Å²) in [4.78, 5) is 13.3. The van der Waals surface area contributed by atoms with Gasteiger partial charge in [-0.3, -0.25) is 4.79 Å². The molecule has 0 spiro atoms. The molecule has 0 radical (unpaired) electrons. The van der Waals surface area contributed by atoms with Gasteiger partial charge in [-0.05, 0) is 7.05 Å². The van der Waals surface area contributed by atoms with E-state index in [4.69, 9.17) is 4.74 Å². The zero-order valence-corrected chi connectivity index (χ0v) is 11.1. The van der Waals surface area contributed by atoms with Gasteiger partial charge in [-0.2, -0.15) is 11.8 Å². The molecule has 1 saturated heterocycles. The van der Waals surface area contributed by atoms with Gasteiger partial charge in [0.05, 0.1) is 26.2 Å². The van der Waals surface area contributed by atoms with Crippen molar-refractivity contribution in [3.05, 3.63) is 0 Å². The minimum Gasteiger partial charge on any atom is -0.469 e. The lowest BCUT2D eigenvalue weighted by molar-refractivity contribution is -0.140. The molecule has 0 amide bonds. The second-order valence-corrected chi connectivity index (χ2v) is 5.65. The molecule has 0 aromatic heterocycles. The van der Waals surface area contributed by atoms with Crippen molar-refractivity contribution in [3.63, 3.8) is 0 Å². The Balaban J connectivity index is 2.15. The maximum Gasteiger partial charge on any atom is 0.306 e. The Kier molecular flexibility index (Phi) is 6.16. The Hall–Kier alpha value is -0.260. The van der Waals surface area contributed by atoms with Gasteiger partial charge in [-0.1, -0.05) is 6.92 Å². The Morgan fingerprint density at radius 1 is 1.69 bits per heavy atom. The second-order valence-electron chi connectivity index (χ2n) is 4.18. The van der Waals surface area contributed by atoms with Crippen LogP contribution in [0.1, 0.15) is 13.3 Å². The van der Waals surface area contributed by atoms with Gasteiger partial charge >= 0.3 is 5.97 Å². The summed E-state index contributed by atoms with van der Waals surface area (Å²) in [5, 5.41) is 0.295. The summed E-state index contributed by atoms with van der Waals surface area (Å²) >= 11 is 1.78. The second kappa shape index (κ2) is 7.14. The fraction of sp³-hybridized carbons (Fsp3) is 0.909. The molecule has 2 unspecified atom stereocenters. The van der Waals surface area contributed by atoms with E-state index < -0.39 is 0 Å². The Morgan fingerprint density at radius 3 is 3.06 bits per heavy atom. The highest BCUT2D eigenvalue weighted by molar-refractivity contribution is 7.99. The van der Waals surface area contributed by atoms with Gasteiger partial charge in [-0.25, -0.2) is 0 Å². The molecular formula is C11H21NO3S. The molecule has 5 heteroatoms. The predicted octanol–water partition coefficient (Wildman–Crippen LogP) is 1.00. The van der Waals surface area contributed by atoms with Crippen LogP contribution in [-0.4, -0.2) is 61.8 Å². The predicted molar refractivity (Wildman–Crippen MR) is 65.8 cm³/mol. The summed E-state index contributed by atoms with van der Waals surface area (Å²) in [6, 6.07) is 0. The van der Waals surface area contributed by atoms with E-state index in [0.29, 0.717) is 17.8 Å². The molecule has 94 valence electrons. The lowest BCUT2D eigenvalue weighted by Gasteiger charge is -2.30. The molecular weight excluding hydrogens is 226 g/mol. The van der Waals surface area contributed by atoms with Crippen molar-refractivity contribution in [1.82, 2.24) is 4.90 Å². The van der Waals surface area contributed by atoms with Crippen LogP contribution in [0.3, 0.4) is 0 Å². The van der Waals surface area contributed by atoms with Crippen molar-refractivity contribution in [2.24, 2.45) is 0 Å². The van der Waals surface area contributed by atoms with E-state index in [-0.39, 0.29) is 5.97 Å². The molecule has 4 nitrogen and oxygen atoms in total. The molecule has 1 aliphatic rings. The van der Waals surface area contributed by atoms with Crippen LogP contribution in [0.25, 0.3) is 0 Å². The largest absolute Gasteiger partial charge is 0.469 e. The molecule has 0 aromatic carbocycles. The van der Waals surface area contributed by atoms with Crippen LogP contribution in [0, 0.1) is 0 Å². The number of esters is 1. The number of ether oxygens (including phenoxy) is 2. The third-order valence-corrected chi connectivity index (χ3v) is 3.89. The van der Waals surface area contributed by atoms with E-state index in [1.165, 1.54) is 7.11 Å². The number of rotatable bonds is 5. The van der Waals surface area contributed by atoms with Crippen LogP contribution in [-0.2, 0) is 14.3 Å². The number of thioether (sulfide) groups is 1. The van der Waals surface area contributed by atoms with Crippen molar-refractivity contribution in [3.8, 4) is 0 Å². The molecule has 0 N–H and O–H groups in total. The van der Waals surface area contributed by atoms with Gasteiger partial charge in [-0.15, -0.1) is 0 Å². The first kappa shape index (κ1) is 13.8. The zero-order valence-electron chi connectivity index (χ0n) is 10.3. The van der Waals surface area contributed by atoms with Gasteiger partial charge in [0.25, 0.3) is 0 Å². The van der Waals surface area contributed by atoms with Gasteiger partial charge in [0.2, 0.25) is 0 Å². The molecule has 0 aliphatic carbocycles. The van der Waals surface area contributed by atoms with E-state index in [2.05, 4.69) is 16.7 Å². The van der Waals surface area contributed by atoms with E-state index in [1.54, 1.807) is 11.8 Å². The van der Waals surface area contributed by atoms with E-state index in [1.807, 2.05) is 6.92 Å². The molecule has 2 atom stereocenters. The highest BCUT2D eigenvalue weighted by Crippen LogP contribution is 2.18. The van der Waals surface area contributed by atoms with Crippen molar-refractivity contribution in [1.29, 1.82) is 0 Å². The van der Waals surface area contributed by atoms with Crippen LogP contribution < -0.4 is 0 Å². The third kappa shape index (κ3) is 5.18. The van der Waals surface area contributed by atoms with Crippen LogP contribution >= 0.6 is 11.8 Å². The molecule has 1 rings (SSSR count). The average molecular weight is 247 g/mol. The fourth-order valence-electron chi connectivity index (χ4n) is 1.62. The maximum absolute atomic E-state index is 11.1. The van der Waals surface area contributed by atoms with Gasteiger partial charge in [0, 0.05) is 24.1 Å². The normalized spacial score (nSPS) is 24.1. The number of hydrogen-bond donors (Lipinski definition) is 0. The smallest absolute Gasteiger partial charge is 0.306 e. The van der Waals surface area contributed by atoms with Crippen LogP contribution in [0.5, 0.6) is 0 Å². The first-order valence-corrected chi connectivity index (χ1v) is 6.65. The number of nitrogens with zero attached hydrogens (tertiary/aromatic N) is 1. The van der Waals surface area contributed by atoms with Gasteiger partial charge in [0.1, 0.15) is 0 Å². The van der Waals surface area contributed by atoms with E-state index >= 15 is 0 Å². The van der Waals surface area contributed by atoms with Gasteiger partial charge < -0.3 is 14.4 Å². The maximum atomic E-state index is 11.1. The summed E-state index contributed by atoms with van der Waals surface area (Å²) in [6.45, 7) is 4.86. The van der Waals surface area contributed by atoms with Gasteiger partial charge in [0.15, 0.2) is 0 Å². The van der Waals surface area contributed by atoms with Crippen molar-refractivity contribution >= 4 is 17.7 Å². The van der Waals surface area contributed by atoms with Crippen LogP contribution in [0.15, 0.2) is 0 Å². The first-order chi connectivity index (χ1) is 7.61. The Morgan fingerprint density at radius 2 is 2.44 bits per heavy atom. The molecule has 1 heterocycles. The molecule has 0 saturated carbocycles. The molecule has 16 heavy (non-hydrogen) atoms. The summed E-state index contributed by atoms with van der Waals surface area (Å²) in [5.74, 6) is 0.810. The number of methoxy groups -OCH3 is 1. The fourth-order valence-corrected chi connectivity index (χ4v) is 2.61. The van der Waals surface area contributed by atoms with E-state index in [9.17, 15) is 4.79 Å². The highest BCUT2D eigenvalue weighted by Gasteiger charge is 2.19. The lowest BCUT2D eigenvalue weighted by Crippen LogP contribution is -2.41. The van der Waals surface area contributed by atoms with Crippen molar-refractivity contribution in [2.45, 2.75) is 24.7 Å². The summed E-state index contributed by atoms with van der Waals surface area (Å²) in [6.07, 6.45) is 0.771. The number of carbonyl (C=O) groups is 1. The quantitative estimate of drug-likeness (QED) is 0.678. The van der Waals surface area contributed by atoms with Crippen molar-refractivity contribution in [2.75, 3.05) is 39.6 Å². The third-order valence-electron chi connectivity index (χ3n) is 2.59. The average Bonchev–Trinajstić information content (AvgIpc) is 2.26. The number of hydrogen-bond acceptors (Lipinski definition) is 5. The number of likely N-dealkylation sites (N-methyl/N-ethyl adjacent to an activating group) is 1. The minimum absolute atomic E-state index is 0.137. The molecule has 0 bridgehead atoms. The minimum atomic E-state index is -0.137.